The Morgan fingerprint density at radius 3 is 2.48 bits per heavy atom. The molecule has 3 unspecified atom stereocenters. The van der Waals surface area contributed by atoms with Gasteiger partial charge in [-0.1, -0.05) is 38.5 Å². The van der Waals surface area contributed by atoms with E-state index in [9.17, 15) is 18.8 Å². The topological polar surface area (TPSA) is 93.1 Å². The lowest BCUT2D eigenvalue weighted by Crippen LogP contribution is -2.66. The molecule has 0 spiro atoms. The van der Waals surface area contributed by atoms with Gasteiger partial charge in [0.15, 0.2) is 5.82 Å². The number of rotatable bonds is 3. The van der Waals surface area contributed by atoms with Gasteiger partial charge in [-0.15, -0.1) is 0 Å². The van der Waals surface area contributed by atoms with Crippen molar-refractivity contribution in [3.05, 3.63) is 64.0 Å². The van der Waals surface area contributed by atoms with E-state index in [0.29, 0.717) is 34.1 Å². The van der Waals surface area contributed by atoms with Gasteiger partial charge in [-0.2, -0.15) is 0 Å². The Balaban J connectivity index is 1.16. The van der Waals surface area contributed by atoms with Crippen LogP contribution in [0.5, 0.6) is 0 Å². The van der Waals surface area contributed by atoms with Crippen molar-refractivity contribution in [2.24, 2.45) is 11.8 Å². The number of ketones is 1. The number of hydrogen-bond donors (Lipinski definition) is 2. The Kier molecular flexibility index (Phi) is 6.33. The van der Waals surface area contributed by atoms with Gasteiger partial charge >= 0.3 is 0 Å². The maximum absolute atomic E-state index is 13.8. The largest absolute Gasteiger partial charge is 0.325 e. The number of carbonyl (C=O) groups is 2. The molecule has 2 aromatic carbocycles. The van der Waals surface area contributed by atoms with Crippen LogP contribution in [0.25, 0.3) is 16.6 Å². The quantitative estimate of drug-likeness (QED) is 0.326. The average Bonchev–Trinajstić information content (AvgIpc) is 3.13. The molecule has 1 saturated heterocycles. The summed E-state index contributed by atoms with van der Waals surface area (Å²) < 4.78 is 15.0. The van der Waals surface area contributed by atoms with Gasteiger partial charge in [-0.3, -0.25) is 24.3 Å². The molecule has 3 heterocycles. The van der Waals surface area contributed by atoms with Crippen molar-refractivity contribution in [1.29, 1.82) is 0 Å². The molecule has 7 nitrogen and oxygen atoms in total. The van der Waals surface area contributed by atoms with Crippen LogP contribution in [0.1, 0.15) is 93.2 Å². The first kappa shape index (κ1) is 25.6. The first-order valence-electron chi connectivity index (χ1n) is 14.9. The van der Waals surface area contributed by atoms with E-state index in [1.165, 1.54) is 74.5 Å². The number of amides is 1. The summed E-state index contributed by atoms with van der Waals surface area (Å²) >= 11 is 0. The van der Waals surface area contributed by atoms with Crippen molar-refractivity contribution in [3.63, 3.8) is 0 Å². The summed E-state index contributed by atoms with van der Waals surface area (Å²) in [6, 6.07) is 8.53. The fourth-order valence-corrected chi connectivity index (χ4v) is 8.15. The number of aromatic nitrogens is 2. The first-order valence-corrected chi connectivity index (χ1v) is 14.9. The van der Waals surface area contributed by atoms with Crippen molar-refractivity contribution in [2.75, 3.05) is 5.32 Å². The second-order valence-electron chi connectivity index (χ2n) is 12.2. The van der Waals surface area contributed by atoms with Gasteiger partial charge in [0, 0.05) is 11.2 Å². The molecule has 1 amide bonds. The standard InChI is InChI=1S/C32H35FN4O3/c33-21-11-15-27-24(17-21)28(38)29-35-25-14-12-22(18-23(25)31(40)37(27)29)34-30(39)26-13-10-20-9-5-6-16-32(20,36-26)19-7-3-1-2-4-8-19/h11-12,14-15,17-20,26,36H,1-10,13,16H2,(H,34,39). The average molecular weight is 543 g/mol. The van der Waals surface area contributed by atoms with Crippen LogP contribution in [0, 0.1) is 17.7 Å². The maximum atomic E-state index is 13.8. The van der Waals surface area contributed by atoms with Crippen LogP contribution in [0.4, 0.5) is 10.1 Å². The van der Waals surface area contributed by atoms with Crippen LogP contribution in [0.3, 0.4) is 0 Å². The summed E-state index contributed by atoms with van der Waals surface area (Å²) in [6.07, 6.45) is 14.5. The van der Waals surface area contributed by atoms with Gasteiger partial charge in [-0.25, -0.2) is 9.37 Å². The smallest absolute Gasteiger partial charge is 0.266 e. The SMILES string of the molecule is O=C1c2cc(F)ccc2-n2c1nc1ccc(NC(=O)C3CCC4CCCCC4(C4CCCCCC4)N3)cc1c2=O. The number of piperidine rings is 1. The number of benzene rings is 2. The minimum atomic E-state index is -0.542. The van der Waals surface area contributed by atoms with E-state index in [4.69, 9.17) is 0 Å². The lowest BCUT2D eigenvalue weighted by Gasteiger charge is -2.55. The first-order chi connectivity index (χ1) is 19.4. The second kappa shape index (κ2) is 9.91. The molecule has 2 saturated carbocycles. The summed E-state index contributed by atoms with van der Waals surface area (Å²) in [5, 5.41) is 7.30. The normalized spacial score (nSPS) is 26.6. The fourth-order valence-electron chi connectivity index (χ4n) is 8.15. The van der Waals surface area contributed by atoms with Gasteiger partial charge in [0.2, 0.25) is 11.7 Å². The van der Waals surface area contributed by atoms with Gasteiger partial charge < -0.3 is 5.32 Å². The third-order valence-corrected chi connectivity index (χ3v) is 10.1. The highest BCUT2D eigenvalue weighted by atomic mass is 19.1. The summed E-state index contributed by atoms with van der Waals surface area (Å²) in [5.74, 6) is 0.163. The summed E-state index contributed by atoms with van der Waals surface area (Å²) in [4.78, 5) is 44.4. The third-order valence-electron chi connectivity index (χ3n) is 10.1. The van der Waals surface area contributed by atoms with Gasteiger partial charge in [0.25, 0.3) is 5.56 Å². The Morgan fingerprint density at radius 2 is 1.68 bits per heavy atom. The van der Waals surface area contributed by atoms with E-state index in [0.717, 1.165) is 25.3 Å². The molecule has 8 heteroatoms. The van der Waals surface area contributed by atoms with E-state index in [-0.39, 0.29) is 28.9 Å². The van der Waals surface area contributed by atoms with Crippen LogP contribution in [-0.4, -0.2) is 32.8 Å². The van der Waals surface area contributed by atoms with Crippen LogP contribution < -0.4 is 16.2 Å². The van der Waals surface area contributed by atoms with E-state index in [2.05, 4.69) is 15.6 Å². The lowest BCUT2D eigenvalue weighted by molar-refractivity contribution is -0.121. The highest BCUT2D eigenvalue weighted by molar-refractivity contribution is 6.13. The number of nitrogens with zero attached hydrogens (tertiary/aromatic N) is 2. The molecule has 40 heavy (non-hydrogen) atoms. The second-order valence-corrected chi connectivity index (χ2v) is 12.2. The van der Waals surface area contributed by atoms with Crippen LogP contribution in [-0.2, 0) is 4.79 Å². The number of fused-ring (bicyclic) bond motifs is 5. The molecule has 0 bridgehead atoms. The van der Waals surface area contributed by atoms with Gasteiger partial charge in [0.1, 0.15) is 5.82 Å². The third kappa shape index (κ3) is 4.10. The molecular weight excluding hydrogens is 507 g/mol. The van der Waals surface area contributed by atoms with Crippen molar-refractivity contribution >= 4 is 28.3 Å². The van der Waals surface area contributed by atoms with E-state index >= 15 is 0 Å². The number of carbonyl (C=O) groups excluding carboxylic acids is 2. The molecule has 0 radical (unpaired) electrons. The van der Waals surface area contributed by atoms with E-state index < -0.39 is 17.2 Å². The molecule has 4 aliphatic rings. The molecule has 2 aliphatic carbocycles. The Bertz CT molecular complexity index is 1570. The van der Waals surface area contributed by atoms with Crippen LogP contribution >= 0.6 is 0 Å². The highest BCUT2D eigenvalue weighted by Crippen LogP contribution is 2.48. The molecule has 3 atom stereocenters. The van der Waals surface area contributed by atoms with Gasteiger partial charge in [-0.05, 0) is 86.8 Å². The number of halogens is 1. The predicted octanol–water partition coefficient (Wildman–Crippen LogP) is 5.66. The highest BCUT2D eigenvalue weighted by Gasteiger charge is 2.50. The van der Waals surface area contributed by atoms with Crippen molar-refractivity contribution < 1.29 is 14.0 Å². The molecule has 208 valence electrons. The molecule has 2 aliphatic heterocycles. The monoisotopic (exact) mass is 542 g/mol. The van der Waals surface area contributed by atoms with E-state index in [1.54, 1.807) is 18.2 Å². The Morgan fingerprint density at radius 1 is 0.925 bits per heavy atom. The van der Waals surface area contributed by atoms with Gasteiger partial charge in [0.05, 0.1) is 28.2 Å². The van der Waals surface area contributed by atoms with Crippen molar-refractivity contribution in [2.45, 2.75) is 88.6 Å². The van der Waals surface area contributed by atoms with E-state index in [1.807, 2.05) is 0 Å². The lowest BCUT2D eigenvalue weighted by atomic mass is 9.60. The fraction of sp³-hybridized carbons (Fsp3) is 0.500. The number of hydrogen-bond acceptors (Lipinski definition) is 5. The van der Waals surface area contributed by atoms with Crippen LogP contribution in [0.15, 0.2) is 41.2 Å². The zero-order chi connectivity index (χ0) is 27.4. The molecule has 1 aromatic heterocycles. The summed E-state index contributed by atoms with van der Waals surface area (Å²) in [6.45, 7) is 0. The number of anilines is 1. The maximum Gasteiger partial charge on any atom is 0.266 e. The zero-order valence-electron chi connectivity index (χ0n) is 22.7. The molecular formula is C32H35FN4O3. The Hall–Kier alpha value is -3.39. The van der Waals surface area contributed by atoms with Crippen LogP contribution in [0.2, 0.25) is 0 Å². The summed E-state index contributed by atoms with van der Waals surface area (Å²) in [7, 11) is 0. The Labute approximate surface area is 232 Å². The minimum Gasteiger partial charge on any atom is -0.325 e. The molecule has 2 N–H and O–H groups in total. The van der Waals surface area contributed by atoms with Crippen molar-refractivity contribution in [1.82, 2.24) is 14.9 Å². The molecule has 3 aromatic rings. The predicted molar refractivity (Wildman–Crippen MR) is 151 cm³/mol. The molecule has 7 rings (SSSR count). The zero-order valence-corrected chi connectivity index (χ0v) is 22.7. The molecule has 3 fully saturated rings. The van der Waals surface area contributed by atoms with Crippen molar-refractivity contribution in [3.8, 4) is 5.69 Å². The summed E-state index contributed by atoms with van der Waals surface area (Å²) in [5.41, 5.74) is 0.978. The number of nitrogens with one attached hydrogen (secondary N) is 2. The minimum absolute atomic E-state index is 0.0212.